The highest BCUT2D eigenvalue weighted by Gasteiger charge is 2.43. The Kier molecular flexibility index (Phi) is 3.30. The van der Waals surface area contributed by atoms with Gasteiger partial charge in [0.25, 0.3) is 0 Å². The Morgan fingerprint density at radius 3 is 2.88 bits per heavy atom. The second-order valence-corrected chi connectivity index (χ2v) is 4.64. The van der Waals surface area contributed by atoms with Gasteiger partial charge in [0, 0.05) is 25.4 Å². The summed E-state index contributed by atoms with van der Waals surface area (Å²) in [4.78, 5) is 0. The number of ether oxygens (including phenoxy) is 1. The summed E-state index contributed by atoms with van der Waals surface area (Å²) < 4.78 is 7.55. The van der Waals surface area contributed by atoms with Crippen molar-refractivity contribution in [1.29, 1.82) is 0 Å². The van der Waals surface area contributed by atoms with E-state index >= 15 is 0 Å². The summed E-state index contributed by atoms with van der Waals surface area (Å²) in [6.07, 6.45) is 8.34. The van der Waals surface area contributed by atoms with Crippen LogP contribution in [0.25, 0.3) is 0 Å². The molecule has 1 unspecified atom stereocenters. The molecule has 0 aromatic carbocycles. The third kappa shape index (κ3) is 1.87. The number of aromatic nitrogens is 2. The summed E-state index contributed by atoms with van der Waals surface area (Å²) >= 11 is 0. The van der Waals surface area contributed by atoms with Gasteiger partial charge in [0.15, 0.2) is 0 Å². The molecule has 1 atom stereocenters. The maximum atomic E-state index is 6.28. The van der Waals surface area contributed by atoms with Gasteiger partial charge in [-0.1, -0.05) is 6.92 Å². The number of rotatable bonds is 5. The largest absolute Gasteiger partial charge is 0.376 e. The van der Waals surface area contributed by atoms with Crippen molar-refractivity contribution in [2.24, 2.45) is 5.73 Å². The zero-order valence-corrected chi connectivity index (χ0v) is 10.1. The van der Waals surface area contributed by atoms with Crippen molar-refractivity contribution in [2.75, 3.05) is 7.11 Å². The van der Waals surface area contributed by atoms with Gasteiger partial charge in [0.05, 0.1) is 17.8 Å². The first-order chi connectivity index (χ1) is 7.72. The van der Waals surface area contributed by atoms with Crippen LogP contribution in [0.2, 0.25) is 0 Å². The smallest absolute Gasteiger partial charge is 0.0871 e. The van der Waals surface area contributed by atoms with Gasteiger partial charge in [-0.2, -0.15) is 5.10 Å². The van der Waals surface area contributed by atoms with E-state index in [0.29, 0.717) is 0 Å². The molecule has 0 bridgehead atoms. The molecule has 1 aliphatic rings. The summed E-state index contributed by atoms with van der Waals surface area (Å²) in [6, 6.07) is -0.0446. The molecule has 1 fully saturated rings. The van der Waals surface area contributed by atoms with E-state index in [-0.39, 0.29) is 11.6 Å². The standard InChI is InChI=1S/C12H21N3O/c1-3-7-15-9-10(8-14-15)11(13)12(16-2)5-4-6-12/h8-9,11H,3-7,13H2,1-2H3. The molecule has 0 radical (unpaired) electrons. The molecule has 1 aliphatic carbocycles. The van der Waals surface area contributed by atoms with Crippen LogP contribution in [0.5, 0.6) is 0 Å². The average molecular weight is 223 g/mol. The molecule has 4 nitrogen and oxygen atoms in total. The van der Waals surface area contributed by atoms with Crippen LogP contribution in [0, 0.1) is 0 Å². The Morgan fingerprint density at radius 2 is 2.38 bits per heavy atom. The zero-order chi connectivity index (χ0) is 11.6. The Bertz CT molecular complexity index is 338. The first kappa shape index (κ1) is 11.6. The summed E-state index contributed by atoms with van der Waals surface area (Å²) in [5.74, 6) is 0. The van der Waals surface area contributed by atoms with Gasteiger partial charge >= 0.3 is 0 Å². The first-order valence-electron chi connectivity index (χ1n) is 6.05. The summed E-state index contributed by atoms with van der Waals surface area (Å²) in [6.45, 7) is 3.09. The molecule has 16 heavy (non-hydrogen) atoms. The fourth-order valence-electron chi connectivity index (χ4n) is 2.36. The van der Waals surface area contributed by atoms with Crippen LogP contribution in [0.3, 0.4) is 0 Å². The van der Waals surface area contributed by atoms with Crippen molar-refractivity contribution >= 4 is 0 Å². The quantitative estimate of drug-likeness (QED) is 0.829. The highest BCUT2D eigenvalue weighted by atomic mass is 16.5. The van der Waals surface area contributed by atoms with E-state index in [2.05, 4.69) is 12.0 Å². The maximum absolute atomic E-state index is 6.28. The van der Waals surface area contributed by atoms with E-state index in [1.807, 2.05) is 17.1 Å². The van der Waals surface area contributed by atoms with Crippen molar-refractivity contribution in [2.45, 2.75) is 50.8 Å². The lowest BCUT2D eigenvalue weighted by Gasteiger charge is -2.44. The molecule has 0 aliphatic heterocycles. The van der Waals surface area contributed by atoms with Gasteiger partial charge in [-0.3, -0.25) is 4.68 Å². The highest BCUT2D eigenvalue weighted by molar-refractivity contribution is 5.17. The third-order valence-corrected chi connectivity index (χ3v) is 3.64. The molecule has 0 spiro atoms. The summed E-state index contributed by atoms with van der Waals surface area (Å²) in [5, 5.41) is 4.31. The molecule has 1 aromatic rings. The Morgan fingerprint density at radius 1 is 1.62 bits per heavy atom. The lowest BCUT2D eigenvalue weighted by Crippen LogP contribution is -2.48. The van der Waals surface area contributed by atoms with Crippen LogP contribution in [-0.4, -0.2) is 22.5 Å². The number of hydrogen-bond acceptors (Lipinski definition) is 3. The normalized spacial score (nSPS) is 20.4. The molecule has 1 aromatic heterocycles. The van der Waals surface area contributed by atoms with Crippen LogP contribution < -0.4 is 5.73 Å². The predicted molar refractivity (Wildman–Crippen MR) is 63.0 cm³/mol. The molecule has 1 saturated carbocycles. The molecular weight excluding hydrogens is 202 g/mol. The third-order valence-electron chi connectivity index (χ3n) is 3.64. The van der Waals surface area contributed by atoms with Crippen molar-refractivity contribution in [3.05, 3.63) is 18.0 Å². The maximum Gasteiger partial charge on any atom is 0.0871 e. The van der Waals surface area contributed by atoms with E-state index in [9.17, 15) is 0 Å². The number of methoxy groups -OCH3 is 1. The molecular formula is C12H21N3O. The van der Waals surface area contributed by atoms with E-state index in [1.165, 1.54) is 6.42 Å². The van der Waals surface area contributed by atoms with Crippen molar-refractivity contribution in [1.82, 2.24) is 9.78 Å². The fourth-order valence-corrected chi connectivity index (χ4v) is 2.36. The molecule has 90 valence electrons. The Hall–Kier alpha value is -0.870. The van der Waals surface area contributed by atoms with Crippen LogP contribution in [-0.2, 0) is 11.3 Å². The average Bonchev–Trinajstić information content (AvgIpc) is 2.66. The molecule has 2 rings (SSSR count). The van der Waals surface area contributed by atoms with Crippen LogP contribution in [0.15, 0.2) is 12.4 Å². The molecule has 4 heteroatoms. The minimum Gasteiger partial charge on any atom is -0.376 e. The summed E-state index contributed by atoms with van der Waals surface area (Å²) in [7, 11) is 1.76. The van der Waals surface area contributed by atoms with Crippen LogP contribution >= 0.6 is 0 Å². The van der Waals surface area contributed by atoms with Crippen molar-refractivity contribution in [3.8, 4) is 0 Å². The Balaban J connectivity index is 2.10. The van der Waals surface area contributed by atoms with Gasteiger partial charge in [-0.15, -0.1) is 0 Å². The van der Waals surface area contributed by atoms with Gasteiger partial charge in [0.1, 0.15) is 0 Å². The Labute approximate surface area is 96.8 Å². The summed E-state index contributed by atoms with van der Waals surface area (Å²) in [5.41, 5.74) is 7.23. The topological polar surface area (TPSA) is 53.1 Å². The van der Waals surface area contributed by atoms with Crippen molar-refractivity contribution in [3.63, 3.8) is 0 Å². The predicted octanol–water partition coefficient (Wildman–Crippen LogP) is 1.86. The zero-order valence-electron chi connectivity index (χ0n) is 10.1. The minimum absolute atomic E-state index is 0.0446. The molecule has 1 heterocycles. The first-order valence-corrected chi connectivity index (χ1v) is 6.05. The SMILES string of the molecule is CCCn1cc(C(N)C2(OC)CCC2)cn1. The monoisotopic (exact) mass is 223 g/mol. The van der Waals surface area contributed by atoms with Crippen LogP contribution in [0.1, 0.15) is 44.2 Å². The molecule has 0 saturated heterocycles. The van der Waals surface area contributed by atoms with Gasteiger partial charge < -0.3 is 10.5 Å². The van der Waals surface area contributed by atoms with Crippen LogP contribution in [0.4, 0.5) is 0 Å². The molecule has 2 N–H and O–H groups in total. The molecule has 0 amide bonds. The highest BCUT2D eigenvalue weighted by Crippen LogP contribution is 2.43. The van der Waals surface area contributed by atoms with E-state index < -0.39 is 0 Å². The number of nitrogens with zero attached hydrogens (tertiary/aromatic N) is 2. The second kappa shape index (κ2) is 4.55. The minimum atomic E-state index is -0.139. The number of aryl methyl sites for hydroxylation is 1. The van der Waals surface area contributed by atoms with E-state index in [4.69, 9.17) is 10.5 Å². The second-order valence-electron chi connectivity index (χ2n) is 4.64. The lowest BCUT2D eigenvalue weighted by atomic mass is 9.73. The van der Waals surface area contributed by atoms with E-state index in [1.54, 1.807) is 7.11 Å². The lowest BCUT2D eigenvalue weighted by molar-refractivity contribution is -0.0911. The number of nitrogens with two attached hydrogens (primary N) is 1. The van der Waals surface area contributed by atoms with Gasteiger partial charge in [-0.25, -0.2) is 0 Å². The van der Waals surface area contributed by atoms with E-state index in [0.717, 1.165) is 31.4 Å². The van der Waals surface area contributed by atoms with Gasteiger partial charge in [-0.05, 0) is 25.7 Å². The van der Waals surface area contributed by atoms with Crippen molar-refractivity contribution < 1.29 is 4.74 Å². The fraction of sp³-hybridized carbons (Fsp3) is 0.750. The van der Waals surface area contributed by atoms with Gasteiger partial charge in [0.2, 0.25) is 0 Å². The number of hydrogen-bond donors (Lipinski definition) is 1.